The highest BCUT2D eigenvalue weighted by Gasteiger charge is 2.57. The molecule has 138 valence electrons. The zero-order valence-corrected chi connectivity index (χ0v) is 13.1. The normalized spacial score (nSPS) is 11.7. The van der Waals surface area contributed by atoms with Gasteiger partial charge in [-0.05, 0) is 30.3 Å². The lowest BCUT2D eigenvalue weighted by molar-refractivity contribution is -0.278. The van der Waals surface area contributed by atoms with Crippen molar-refractivity contribution in [3.63, 3.8) is 0 Å². The molecular formula is C17H13F5N2O2. The number of amides is 2. The molecule has 0 atom stereocenters. The summed E-state index contributed by atoms with van der Waals surface area (Å²) in [6, 6.07) is 13.3. The molecule has 0 heterocycles. The highest BCUT2D eigenvalue weighted by molar-refractivity contribution is 6.05. The molecule has 2 amide bonds. The van der Waals surface area contributed by atoms with Crippen molar-refractivity contribution in [3.8, 4) is 0 Å². The summed E-state index contributed by atoms with van der Waals surface area (Å²) >= 11 is 0. The van der Waals surface area contributed by atoms with E-state index in [4.69, 9.17) is 0 Å². The predicted octanol–water partition coefficient (Wildman–Crippen LogP) is 3.87. The maximum atomic E-state index is 12.8. The number of hydrogen-bond donors (Lipinski definition) is 2. The van der Waals surface area contributed by atoms with Crippen LogP contribution in [-0.2, 0) is 0 Å². The fourth-order valence-corrected chi connectivity index (χ4v) is 1.92. The summed E-state index contributed by atoms with van der Waals surface area (Å²) in [7, 11) is 0. The van der Waals surface area contributed by atoms with Gasteiger partial charge in [-0.1, -0.05) is 24.3 Å². The lowest BCUT2D eigenvalue weighted by Gasteiger charge is -2.19. The van der Waals surface area contributed by atoms with Crippen LogP contribution in [0.1, 0.15) is 20.7 Å². The summed E-state index contributed by atoms with van der Waals surface area (Å²) in [5.74, 6) is -6.63. The Labute approximate surface area is 145 Å². The lowest BCUT2D eigenvalue weighted by Crippen LogP contribution is -2.46. The summed E-state index contributed by atoms with van der Waals surface area (Å²) in [6.45, 7) is -1.88. The van der Waals surface area contributed by atoms with Gasteiger partial charge in [-0.3, -0.25) is 9.59 Å². The Bertz CT molecular complexity index is 791. The third kappa shape index (κ3) is 4.78. The van der Waals surface area contributed by atoms with Gasteiger partial charge < -0.3 is 10.6 Å². The molecule has 0 aliphatic carbocycles. The zero-order chi connectivity index (χ0) is 19.4. The van der Waals surface area contributed by atoms with Crippen LogP contribution in [0.3, 0.4) is 0 Å². The lowest BCUT2D eigenvalue weighted by atomic mass is 10.1. The monoisotopic (exact) mass is 372 g/mol. The molecule has 0 spiro atoms. The van der Waals surface area contributed by atoms with Crippen LogP contribution in [0.25, 0.3) is 0 Å². The van der Waals surface area contributed by atoms with E-state index in [1.54, 1.807) is 30.3 Å². The van der Waals surface area contributed by atoms with Crippen molar-refractivity contribution in [2.45, 2.75) is 12.1 Å². The minimum Gasteiger partial charge on any atom is -0.346 e. The number of alkyl halides is 5. The summed E-state index contributed by atoms with van der Waals surface area (Å²) < 4.78 is 62.0. The molecule has 0 aliphatic heterocycles. The van der Waals surface area contributed by atoms with Gasteiger partial charge in [0.2, 0.25) is 0 Å². The van der Waals surface area contributed by atoms with Crippen molar-refractivity contribution in [1.29, 1.82) is 0 Å². The van der Waals surface area contributed by atoms with E-state index in [1.807, 2.05) is 0 Å². The molecule has 2 rings (SSSR count). The van der Waals surface area contributed by atoms with E-state index in [1.165, 1.54) is 29.6 Å². The second-order valence-electron chi connectivity index (χ2n) is 5.29. The molecule has 9 heteroatoms. The SMILES string of the molecule is O=C(NCC(F)(F)C(F)(F)F)c1cccc(NC(=O)c2ccccc2)c1. The summed E-state index contributed by atoms with van der Waals surface area (Å²) in [5, 5.41) is 4.04. The van der Waals surface area contributed by atoms with Gasteiger partial charge in [0.1, 0.15) is 0 Å². The van der Waals surface area contributed by atoms with E-state index in [2.05, 4.69) is 5.32 Å². The Morgan fingerprint density at radius 3 is 2.04 bits per heavy atom. The Kier molecular flexibility index (Phi) is 5.59. The highest BCUT2D eigenvalue weighted by Crippen LogP contribution is 2.34. The second-order valence-corrected chi connectivity index (χ2v) is 5.29. The van der Waals surface area contributed by atoms with Crippen LogP contribution in [0.2, 0.25) is 0 Å². The molecule has 0 radical (unpaired) electrons. The molecule has 0 saturated carbocycles. The molecule has 2 aromatic rings. The van der Waals surface area contributed by atoms with Gasteiger partial charge in [-0.25, -0.2) is 0 Å². The summed E-state index contributed by atoms with van der Waals surface area (Å²) in [5.41, 5.74) is 0.370. The molecule has 0 unspecified atom stereocenters. The van der Waals surface area contributed by atoms with Crippen molar-refractivity contribution in [2.24, 2.45) is 0 Å². The highest BCUT2D eigenvalue weighted by atomic mass is 19.4. The topological polar surface area (TPSA) is 58.2 Å². The fourth-order valence-electron chi connectivity index (χ4n) is 1.92. The number of rotatable bonds is 5. The standard InChI is InChI=1S/C17H13F5N2O2/c18-16(19,17(20,21)22)10-23-14(25)12-7-4-8-13(9-12)24-15(26)11-5-2-1-3-6-11/h1-9H,10H2,(H,23,25)(H,24,26). The second kappa shape index (κ2) is 7.51. The average Bonchev–Trinajstić information content (AvgIpc) is 2.59. The third-order valence-corrected chi connectivity index (χ3v) is 3.30. The molecular weight excluding hydrogens is 359 g/mol. The van der Waals surface area contributed by atoms with Crippen LogP contribution in [0.4, 0.5) is 27.6 Å². The number of halogens is 5. The first-order valence-corrected chi connectivity index (χ1v) is 7.29. The van der Waals surface area contributed by atoms with Gasteiger partial charge in [0.05, 0.1) is 6.54 Å². The molecule has 2 N–H and O–H groups in total. The maximum Gasteiger partial charge on any atom is 0.455 e. The number of anilines is 1. The van der Waals surface area contributed by atoms with Crippen molar-refractivity contribution in [3.05, 3.63) is 65.7 Å². The molecule has 2 aromatic carbocycles. The van der Waals surface area contributed by atoms with Crippen LogP contribution < -0.4 is 10.6 Å². The van der Waals surface area contributed by atoms with Crippen LogP contribution >= 0.6 is 0 Å². The Balaban J connectivity index is 2.04. The number of benzene rings is 2. The Morgan fingerprint density at radius 1 is 0.808 bits per heavy atom. The van der Waals surface area contributed by atoms with Gasteiger partial charge >= 0.3 is 12.1 Å². The van der Waals surface area contributed by atoms with Gasteiger partial charge in [-0.2, -0.15) is 22.0 Å². The first-order chi connectivity index (χ1) is 12.1. The van der Waals surface area contributed by atoms with Crippen LogP contribution in [0, 0.1) is 0 Å². The Morgan fingerprint density at radius 2 is 1.42 bits per heavy atom. The van der Waals surface area contributed by atoms with Gasteiger partial charge in [0.15, 0.2) is 0 Å². The van der Waals surface area contributed by atoms with E-state index < -0.39 is 30.5 Å². The largest absolute Gasteiger partial charge is 0.455 e. The van der Waals surface area contributed by atoms with Crippen molar-refractivity contribution in [2.75, 3.05) is 11.9 Å². The van der Waals surface area contributed by atoms with Crippen LogP contribution in [0.5, 0.6) is 0 Å². The van der Waals surface area contributed by atoms with Gasteiger partial charge in [0, 0.05) is 16.8 Å². The number of carbonyl (C=O) groups is 2. The van der Waals surface area contributed by atoms with Crippen LogP contribution in [-0.4, -0.2) is 30.5 Å². The Hall–Kier alpha value is -2.97. The molecule has 26 heavy (non-hydrogen) atoms. The predicted molar refractivity (Wildman–Crippen MR) is 84.2 cm³/mol. The van der Waals surface area contributed by atoms with E-state index in [0.717, 1.165) is 0 Å². The molecule has 0 saturated heterocycles. The van der Waals surface area contributed by atoms with E-state index >= 15 is 0 Å². The zero-order valence-electron chi connectivity index (χ0n) is 13.1. The van der Waals surface area contributed by atoms with Crippen LogP contribution in [0.15, 0.2) is 54.6 Å². The minimum atomic E-state index is -5.76. The van der Waals surface area contributed by atoms with Crippen molar-refractivity contribution < 1.29 is 31.5 Å². The van der Waals surface area contributed by atoms with E-state index in [0.29, 0.717) is 5.56 Å². The number of carbonyl (C=O) groups excluding carboxylic acids is 2. The summed E-state index contributed by atoms with van der Waals surface area (Å²) in [6.07, 6.45) is -5.76. The average molecular weight is 372 g/mol. The van der Waals surface area contributed by atoms with Crippen molar-refractivity contribution in [1.82, 2.24) is 5.32 Å². The number of nitrogens with one attached hydrogen (secondary N) is 2. The molecule has 4 nitrogen and oxygen atoms in total. The molecule has 0 aromatic heterocycles. The van der Waals surface area contributed by atoms with E-state index in [-0.39, 0.29) is 11.3 Å². The first kappa shape index (κ1) is 19.4. The minimum absolute atomic E-state index is 0.172. The van der Waals surface area contributed by atoms with Crippen molar-refractivity contribution >= 4 is 17.5 Å². The number of hydrogen-bond acceptors (Lipinski definition) is 2. The first-order valence-electron chi connectivity index (χ1n) is 7.29. The van der Waals surface area contributed by atoms with Gasteiger partial charge in [-0.15, -0.1) is 0 Å². The molecule has 0 bridgehead atoms. The molecule has 0 fully saturated rings. The molecule has 0 aliphatic rings. The van der Waals surface area contributed by atoms with Gasteiger partial charge in [0.25, 0.3) is 11.8 Å². The quantitative estimate of drug-likeness (QED) is 0.783. The maximum absolute atomic E-state index is 12.8. The fraction of sp³-hybridized carbons (Fsp3) is 0.176. The third-order valence-electron chi connectivity index (χ3n) is 3.30. The summed E-state index contributed by atoms with van der Waals surface area (Å²) in [4.78, 5) is 23.8. The van der Waals surface area contributed by atoms with E-state index in [9.17, 15) is 31.5 Å². The smallest absolute Gasteiger partial charge is 0.346 e.